The Kier molecular flexibility index (Phi) is 49.3. The highest BCUT2D eigenvalue weighted by Gasteiger charge is 2.37. The molecule has 2 fully saturated rings. The van der Waals surface area contributed by atoms with Crippen LogP contribution in [-0.2, 0) is 0 Å². The molecule has 1 aromatic heterocycles. The van der Waals surface area contributed by atoms with Gasteiger partial charge >= 0.3 is 0 Å². The number of aryl methyl sites for hydroxylation is 1. The van der Waals surface area contributed by atoms with Gasteiger partial charge in [0, 0.05) is 36.4 Å². The van der Waals surface area contributed by atoms with Gasteiger partial charge in [-0.3, -0.25) is 4.98 Å². The summed E-state index contributed by atoms with van der Waals surface area (Å²) in [5, 5.41) is 33.9. The molecule has 0 radical (unpaired) electrons. The van der Waals surface area contributed by atoms with E-state index in [1.54, 1.807) is 6.92 Å². The van der Waals surface area contributed by atoms with Crippen molar-refractivity contribution in [3.8, 4) is 18.9 Å². The Morgan fingerprint density at radius 1 is 0.949 bits per heavy atom. The van der Waals surface area contributed by atoms with E-state index in [2.05, 4.69) is 161 Å². The van der Waals surface area contributed by atoms with Crippen molar-refractivity contribution in [2.75, 3.05) is 20.6 Å². The maximum atomic E-state index is 10.8. The minimum absolute atomic E-state index is 0. The summed E-state index contributed by atoms with van der Waals surface area (Å²) in [6.07, 6.45) is 39.2. The monoisotopic (exact) mass is 1090 g/mol. The molecule has 0 aliphatic heterocycles. The molecule has 2 saturated carbocycles. The fourth-order valence-corrected chi connectivity index (χ4v) is 11.9. The Morgan fingerprint density at radius 2 is 1.55 bits per heavy atom. The number of allylic oxidation sites excluding steroid dienone is 4. The summed E-state index contributed by atoms with van der Waals surface area (Å²) in [5.41, 5.74) is 3.45. The van der Waals surface area contributed by atoms with E-state index in [0.717, 1.165) is 84.6 Å². The largest absolute Gasteiger partial charge is 0.389 e. The first-order valence-electron chi connectivity index (χ1n) is 31.3. The van der Waals surface area contributed by atoms with Gasteiger partial charge in [-0.05, 0) is 169 Å². The fraction of sp³-hybridized carbons (Fsp3) is 0.750. The van der Waals surface area contributed by atoms with Gasteiger partial charge in [-0.2, -0.15) is 5.26 Å². The van der Waals surface area contributed by atoms with Gasteiger partial charge in [0.15, 0.2) is 0 Å². The second-order valence-electron chi connectivity index (χ2n) is 23.7. The van der Waals surface area contributed by atoms with Crippen LogP contribution in [0.15, 0.2) is 79.6 Å². The van der Waals surface area contributed by atoms with Crippen LogP contribution >= 0.6 is 0 Å². The first kappa shape index (κ1) is 81.2. The van der Waals surface area contributed by atoms with Crippen molar-refractivity contribution in [1.82, 2.24) is 15.2 Å². The number of nitriles is 1. The number of terminal acetylenes is 1. The molecule has 0 aromatic carbocycles. The Bertz CT molecular complexity index is 1740. The van der Waals surface area contributed by atoms with Crippen molar-refractivity contribution < 1.29 is 10.2 Å². The van der Waals surface area contributed by atoms with Crippen LogP contribution < -0.4 is 5.32 Å². The van der Waals surface area contributed by atoms with Crippen molar-refractivity contribution in [3.05, 3.63) is 90.9 Å². The average Bonchev–Trinajstić information content (AvgIpc) is 3.43. The van der Waals surface area contributed by atoms with E-state index >= 15 is 0 Å². The molecule has 0 spiro atoms. The number of likely N-dealkylation sites (N-methyl/N-ethyl adjacent to an activating group) is 1. The Morgan fingerprint density at radius 3 is 1.99 bits per heavy atom. The molecule has 78 heavy (non-hydrogen) atoms. The first-order chi connectivity index (χ1) is 36.6. The summed E-state index contributed by atoms with van der Waals surface area (Å²) in [7, 11) is 4.17. The number of aliphatic hydroxyl groups is 2. The number of nitrogens with zero attached hydrogens (tertiary/aromatic N) is 3. The van der Waals surface area contributed by atoms with Gasteiger partial charge in [0.1, 0.15) is 0 Å². The number of nitrogens with one attached hydrogen (secondary N) is 1. The number of pyridine rings is 1. The summed E-state index contributed by atoms with van der Waals surface area (Å²) in [6.45, 7) is 52.2. The molecular formula is C72H132N4O2. The minimum atomic E-state index is -0.953. The highest BCUT2D eigenvalue weighted by molar-refractivity contribution is 5.34. The lowest BCUT2D eigenvalue weighted by atomic mass is 9.71. The van der Waals surface area contributed by atoms with Gasteiger partial charge < -0.3 is 20.4 Å². The molecule has 3 N–H and O–H groups in total. The number of hydrogen-bond donors (Lipinski definition) is 3. The highest BCUT2D eigenvalue weighted by Crippen LogP contribution is 2.39. The molecule has 0 amide bonds. The lowest BCUT2D eigenvalue weighted by molar-refractivity contribution is -0.00316. The third-order valence-corrected chi connectivity index (χ3v) is 17.5. The van der Waals surface area contributed by atoms with Gasteiger partial charge in [0.05, 0.1) is 23.7 Å². The predicted molar refractivity (Wildman–Crippen MR) is 350 cm³/mol. The molecule has 0 saturated heterocycles. The normalized spacial score (nSPS) is 24.1. The van der Waals surface area contributed by atoms with E-state index in [9.17, 15) is 15.5 Å². The summed E-state index contributed by atoms with van der Waals surface area (Å²) < 4.78 is 0. The van der Waals surface area contributed by atoms with Crippen LogP contribution in [0.3, 0.4) is 0 Å². The van der Waals surface area contributed by atoms with E-state index in [1.165, 1.54) is 76.3 Å². The molecule has 6 nitrogen and oxygen atoms in total. The topological polar surface area (TPSA) is 92.4 Å². The number of aliphatic hydroxyl groups excluding tert-OH is 1. The van der Waals surface area contributed by atoms with Gasteiger partial charge in [0.25, 0.3) is 0 Å². The molecule has 6 heteroatoms. The molecule has 1 heterocycles. The van der Waals surface area contributed by atoms with Crippen LogP contribution in [-0.4, -0.2) is 64.5 Å². The SMILES string of the molecule is C.C#C.C=CC(C)C[C@H](C)CC(CC)C[C@@H](C)C(=C)C(C)C(C#N)[C@](C)(O)CCC.C=CCCN(C)C1CC(C)CC(CC)C1.CC.CC.CC1CCCC(C)C1C.CCC(NC)C(O)C1=CCC(c2ccc(C)nc2)C=C1. The van der Waals surface area contributed by atoms with Crippen LogP contribution in [0.1, 0.15) is 245 Å². The van der Waals surface area contributed by atoms with Gasteiger partial charge in [0.2, 0.25) is 0 Å². The smallest absolute Gasteiger partial charge is 0.0939 e. The van der Waals surface area contributed by atoms with Crippen molar-refractivity contribution in [1.29, 1.82) is 5.26 Å². The van der Waals surface area contributed by atoms with E-state index in [4.69, 9.17) is 0 Å². The summed E-state index contributed by atoms with van der Waals surface area (Å²) >= 11 is 0. The predicted octanol–water partition coefficient (Wildman–Crippen LogP) is 19.6. The third-order valence-electron chi connectivity index (χ3n) is 17.5. The maximum Gasteiger partial charge on any atom is 0.0939 e. The average molecular weight is 1090 g/mol. The van der Waals surface area contributed by atoms with Crippen molar-refractivity contribution >= 4 is 0 Å². The van der Waals surface area contributed by atoms with Crippen LogP contribution in [0.5, 0.6) is 0 Å². The Labute approximate surface area is 488 Å². The molecule has 452 valence electrons. The lowest BCUT2D eigenvalue weighted by Gasteiger charge is -2.38. The van der Waals surface area contributed by atoms with E-state index in [0.29, 0.717) is 36.0 Å². The second kappa shape index (κ2) is 47.4. The van der Waals surface area contributed by atoms with Crippen molar-refractivity contribution in [2.45, 2.75) is 264 Å². The third kappa shape index (κ3) is 31.7. The van der Waals surface area contributed by atoms with Crippen molar-refractivity contribution in [3.63, 3.8) is 0 Å². The summed E-state index contributed by atoms with van der Waals surface area (Å²) in [5.74, 6) is 7.08. The number of aromatic nitrogens is 1. The molecular weight excluding hydrogens is 953 g/mol. The lowest BCUT2D eigenvalue weighted by Crippen LogP contribution is -2.38. The Hall–Kier alpha value is -3.26. The number of hydrogen-bond acceptors (Lipinski definition) is 6. The van der Waals surface area contributed by atoms with Crippen LogP contribution in [0.4, 0.5) is 0 Å². The van der Waals surface area contributed by atoms with Crippen molar-refractivity contribution in [2.24, 2.45) is 65.1 Å². The van der Waals surface area contributed by atoms with Crippen LogP contribution in [0, 0.1) is 96.2 Å². The number of rotatable bonds is 24. The highest BCUT2D eigenvalue weighted by atomic mass is 16.3. The van der Waals surface area contributed by atoms with Gasteiger partial charge in [-0.1, -0.05) is 205 Å². The van der Waals surface area contributed by atoms with Crippen LogP contribution in [0.25, 0.3) is 0 Å². The first-order valence-corrected chi connectivity index (χ1v) is 31.3. The van der Waals surface area contributed by atoms with Gasteiger partial charge in [-0.25, -0.2) is 0 Å². The van der Waals surface area contributed by atoms with E-state index in [1.807, 2.05) is 73.0 Å². The zero-order chi connectivity index (χ0) is 59.8. The summed E-state index contributed by atoms with van der Waals surface area (Å²) in [6, 6.07) is 7.48. The molecule has 0 bridgehead atoms. The molecule has 3 aliphatic rings. The molecule has 3 aliphatic carbocycles. The fourth-order valence-electron chi connectivity index (χ4n) is 11.9. The Balaban J connectivity index is -0.000000474. The molecule has 1 aromatic rings. The molecule has 4 rings (SSSR count). The standard InChI is InChI=1S/C25H45NO.C17H24N2O.C14H27N.C9H18.2C2H6.C2H2.CH4/c1-10-13-25(9,27)24(17-26)22(8)21(7)20(6)16-23(12-3)15-19(5)14-18(4)11-2;1-4-16(18-3)17(20)14-9-7-13(8-10-14)15-6-5-12(2)19-11-15;1-5-7-8-15(4)14-10-12(3)9-13(6-2)11-14;1-7-5-4-6-8(2)9(7)3;3*1-2;/h11,18-20,22-24,27H,2,7,10,12-16H2,1,3-6,8-9H3;5-7,9-11,13,16-18,20H,4,8H2,1-3H3;5,12-14H,1,6-11H2,2-4H3;7-9H,4-6H2,1-3H3;2*1-2H3;1-2H;1H4/t18?,19-,20+,22?,23?,24?,25+;;;;;;;/m0......./s1. The quantitative estimate of drug-likeness (QED) is 0.0706. The summed E-state index contributed by atoms with van der Waals surface area (Å²) in [4.78, 5) is 6.89. The molecule has 12 unspecified atom stereocenters. The van der Waals surface area contributed by atoms with E-state index < -0.39 is 17.6 Å². The van der Waals surface area contributed by atoms with Gasteiger partial charge in [-0.15, -0.1) is 26.0 Å². The maximum absolute atomic E-state index is 10.8. The molecule has 15 atom stereocenters. The zero-order valence-electron chi connectivity index (χ0n) is 54.3. The second-order valence-corrected chi connectivity index (χ2v) is 23.7. The minimum Gasteiger partial charge on any atom is -0.389 e. The van der Waals surface area contributed by atoms with E-state index in [-0.39, 0.29) is 19.4 Å². The zero-order valence-corrected chi connectivity index (χ0v) is 54.3. The van der Waals surface area contributed by atoms with Crippen LogP contribution in [0.2, 0.25) is 0 Å².